The first kappa shape index (κ1) is 14.7. The zero-order chi connectivity index (χ0) is 13.7. The van der Waals surface area contributed by atoms with E-state index in [1.54, 1.807) is 23.1 Å². The lowest BCUT2D eigenvalue weighted by Crippen LogP contribution is -2.30. The first-order chi connectivity index (χ1) is 8.49. The molecule has 3 N–H and O–H groups in total. The number of carbonyl (C=O) groups is 1. The van der Waals surface area contributed by atoms with Gasteiger partial charge in [0.15, 0.2) is 5.11 Å². The van der Waals surface area contributed by atoms with Gasteiger partial charge in [0, 0.05) is 18.7 Å². The summed E-state index contributed by atoms with van der Waals surface area (Å²) >= 11 is 10.7. The maximum atomic E-state index is 12.1. The van der Waals surface area contributed by atoms with Crippen molar-refractivity contribution in [1.29, 1.82) is 0 Å². The first-order valence-electron chi connectivity index (χ1n) is 5.64. The quantitative estimate of drug-likeness (QED) is 0.835. The van der Waals surface area contributed by atoms with Crippen LogP contribution in [0.15, 0.2) is 18.2 Å². The molecule has 0 aliphatic rings. The van der Waals surface area contributed by atoms with Gasteiger partial charge in [-0.2, -0.15) is 0 Å². The largest absolute Gasteiger partial charge is 0.376 e. The van der Waals surface area contributed by atoms with E-state index in [2.05, 4.69) is 5.32 Å². The van der Waals surface area contributed by atoms with Crippen LogP contribution in [0.3, 0.4) is 0 Å². The molecule has 0 aliphatic carbocycles. The number of carbonyl (C=O) groups excluding carboxylic acids is 1. The van der Waals surface area contributed by atoms with E-state index in [0.29, 0.717) is 29.4 Å². The highest BCUT2D eigenvalue weighted by molar-refractivity contribution is 7.80. The fourth-order valence-corrected chi connectivity index (χ4v) is 1.85. The molecule has 98 valence electrons. The zero-order valence-electron chi connectivity index (χ0n) is 10.4. The Balaban J connectivity index is 3.04. The minimum Gasteiger partial charge on any atom is -0.376 e. The van der Waals surface area contributed by atoms with Crippen molar-refractivity contribution in [2.45, 2.75) is 13.8 Å². The fourth-order valence-electron chi connectivity index (χ4n) is 1.58. The lowest BCUT2D eigenvalue weighted by molar-refractivity contribution is 0.0773. The summed E-state index contributed by atoms with van der Waals surface area (Å²) in [5.41, 5.74) is 6.50. The van der Waals surface area contributed by atoms with Gasteiger partial charge in [0.2, 0.25) is 0 Å². The molecule has 1 aromatic rings. The summed E-state index contributed by atoms with van der Waals surface area (Å²) in [4.78, 5) is 13.9. The molecule has 0 saturated carbocycles. The SMILES string of the molecule is CCN(CC)C(=O)c1ccc(Cl)c(NC(N)=S)c1. The number of nitrogens with one attached hydrogen (secondary N) is 1. The molecule has 0 aliphatic heterocycles. The molecule has 4 nitrogen and oxygen atoms in total. The topological polar surface area (TPSA) is 58.4 Å². The Morgan fingerprint density at radius 2 is 2.06 bits per heavy atom. The second kappa shape index (κ2) is 6.56. The number of hydrogen-bond donors (Lipinski definition) is 2. The molecule has 1 aromatic carbocycles. The van der Waals surface area contributed by atoms with E-state index in [-0.39, 0.29) is 11.0 Å². The Morgan fingerprint density at radius 3 is 2.56 bits per heavy atom. The van der Waals surface area contributed by atoms with Crippen LogP contribution >= 0.6 is 23.8 Å². The molecular weight excluding hydrogens is 270 g/mol. The predicted molar refractivity (Wildman–Crippen MR) is 79.1 cm³/mol. The zero-order valence-corrected chi connectivity index (χ0v) is 11.9. The summed E-state index contributed by atoms with van der Waals surface area (Å²) in [7, 11) is 0. The van der Waals surface area contributed by atoms with E-state index in [4.69, 9.17) is 29.6 Å². The summed E-state index contributed by atoms with van der Waals surface area (Å²) in [5.74, 6) is -0.0392. The number of benzene rings is 1. The summed E-state index contributed by atoms with van der Waals surface area (Å²) < 4.78 is 0. The third-order valence-electron chi connectivity index (χ3n) is 2.52. The Hall–Kier alpha value is -1.33. The van der Waals surface area contributed by atoms with Crippen molar-refractivity contribution in [3.63, 3.8) is 0 Å². The third kappa shape index (κ3) is 3.58. The molecule has 0 bridgehead atoms. The van der Waals surface area contributed by atoms with Gasteiger partial charge in [0.05, 0.1) is 10.7 Å². The van der Waals surface area contributed by atoms with Gasteiger partial charge in [-0.05, 0) is 44.3 Å². The van der Waals surface area contributed by atoms with Crippen LogP contribution in [-0.2, 0) is 0 Å². The number of rotatable bonds is 4. The highest BCUT2D eigenvalue weighted by atomic mass is 35.5. The highest BCUT2D eigenvalue weighted by Gasteiger charge is 2.14. The number of nitrogens with two attached hydrogens (primary N) is 1. The van der Waals surface area contributed by atoms with Crippen LogP contribution in [0.1, 0.15) is 24.2 Å². The molecule has 1 amide bonds. The van der Waals surface area contributed by atoms with Crippen LogP contribution in [0.2, 0.25) is 5.02 Å². The van der Waals surface area contributed by atoms with E-state index in [1.807, 2.05) is 13.8 Å². The van der Waals surface area contributed by atoms with Crippen molar-refractivity contribution < 1.29 is 4.79 Å². The Morgan fingerprint density at radius 1 is 1.44 bits per heavy atom. The van der Waals surface area contributed by atoms with Crippen LogP contribution in [0, 0.1) is 0 Å². The number of hydrogen-bond acceptors (Lipinski definition) is 2. The molecule has 18 heavy (non-hydrogen) atoms. The van der Waals surface area contributed by atoms with E-state index in [1.165, 1.54) is 0 Å². The molecule has 0 spiro atoms. The molecule has 1 rings (SSSR count). The standard InChI is InChI=1S/C12H16ClN3OS/c1-3-16(4-2)11(17)8-5-6-9(13)10(7-8)15-12(14)18/h5-7H,3-4H2,1-2H3,(H3,14,15,18). The van der Waals surface area contributed by atoms with Crippen molar-refractivity contribution in [1.82, 2.24) is 4.90 Å². The molecule has 0 heterocycles. The average molecular weight is 286 g/mol. The fraction of sp³-hybridized carbons (Fsp3) is 0.333. The van der Waals surface area contributed by atoms with Crippen molar-refractivity contribution >= 4 is 40.5 Å². The summed E-state index contributed by atoms with van der Waals surface area (Å²) in [6, 6.07) is 4.99. The Bertz CT molecular complexity index is 461. The molecular formula is C12H16ClN3OS. The summed E-state index contributed by atoms with van der Waals surface area (Å²) in [6.45, 7) is 5.20. The van der Waals surface area contributed by atoms with Gasteiger partial charge in [-0.15, -0.1) is 0 Å². The Kier molecular flexibility index (Phi) is 5.37. The lowest BCUT2D eigenvalue weighted by Gasteiger charge is -2.19. The summed E-state index contributed by atoms with van der Waals surface area (Å²) in [6.07, 6.45) is 0. The maximum absolute atomic E-state index is 12.1. The molecule has 0 saturated heterocycles. The van der Waals surface area contributed by atoms with Crippen LogP contribution in [0.4, 0.5) is 5.69 Å². The van der Waals surface area contributed by atoms with E-state index in [0.717, 1.165) is 0 Å². The molecule has 0 aromatic heterocycles. The molecule has 0 fully saturated rings. The molecule has 0 radical (unpaired) electrons. The van der Waals surface area contributed by atoms with Gasteiger partial charge >= 0.3 is 0 Å². The second-order valence-corrected chi connectivity index (χ2v) is 4.51. The van der Waals surface area contributed by atoms with E-state index in [9.17, 15) is 4.79 Å². The molecule has 0 atom stereocenters. The van der Waals surface area contributed by atoms with Gasteiger partial charge in [-0.1, -0.05) is 11.6 Å². The van der Waals surface area contributed by atoms with Crippen LogP contribution in [0.25, 0.3) is 0 Å². The second-order valence-electron chi connectivity index (χ2n) is 3.66. The van der Waals surface area contributed by atoms with E-state index >= 15 is 0 Å². The van der Waals surface area contributed by atoms with Gasteiger partial charge < -0.3 is 16.0 Å². The van der Waals surface area contributed by atoms with Gasteiger partial charge in [0.1, 0.15) is 0 Å². The number of nitrogens with zero attached hydrogens (tertiary/aromatic N) is 1. The summed E-state index contributed by atoms with van der Waals surface area (Å²) in [5, 5.41) is 3.34. The predicted octanol–water partition coefficient (Wildman–Crippen LogP) is 2.48. The van der Waals surface area contributed by atoms with Crippen molar-refractivity contribution in [3.8, 4) is 0 Å². The smallest absolute Gasteiger partial charge is 0.253 e. The average Bonchev–Trinajstić information content (AvgIpc) is 2.32. The van der Waals surface area contributed by atoms with E-state index < -0.39 is 0 Å². The Labute approximate surface area is 117 Å². The maximum Gasteiger partial charge on any atom is 0.253 e. The number of thiocarbonyl (C=S) groups is 1. The van der Waals surface area contributed by atoms with Crippen molar-refractivity contribution in [3.05, 3.63) is 28.8 Å². The number of halogens is 1. The van der Waals surface area contributed by atoms with Crippen LogP contribution in [0.5, 0.6) is 0 Å². The van der Waals surface area contributed by atoms with Crippen molar-refractivity contribution in [2.75, 3.05) is 18.4 Å². The first-order valence-corrected chi connectivity index (χ1v) is 6.43. The lowest BCUT2D eigenvalue weighted by atomic mass is 10.1. The van der Waals surface area contributed by atoms with Crippen molar-refractivity contribution in [2.24, 2.45) is 5.73 Å². The van der Waals surface area contributed by atoms with Crippen LogP contribution in [-0.4, -0.2) is 29.0 Å². The number of anilines is 1. The van der Waals surface area contributed by atoms with Gasteiger partial charge in [-0.3, -0.25) is 4.79 Å². The van der Waals surface area contributed by atoms with Gasteiger partial charge in [-0.25, -0.2) is 0 Å². The normalized spacial score (nSPS) is 9.94. The molecule has 0 unspecified atom stereocenters. The minimum absolute atomic E-state index is 0.0392. The minimum atomic E-state index is -0.0392. The van der Waals surface area contributed by atoms with Gasteiger partial charge in [0.25, 0.3) is 5.91 Å². The molecule has 6 heteroatoms. The van der Waals surface area contributed by atoms with Crippen LogP contribution < -0.4 is 11.1 Å². The monoisotopic (exact) mass is 285 g/mol. The third-order valence-corrected chi connectivity index (χ3v) is 2.95. The highest BCUT2D eigenvalue weighted by Crippen LogP contribution is 2.23. The number of amides is 1.